The van der Waals surface area contributed by atoms with Crippen LogP contribution in [0.2, 0.25) is 0 Å². The van der Waals surface area contributed by atoms with Gasteiger partial charge >= 0.3 is 11.9 Å². The van der Waals surface area contributed by atoms with Crippen molar-refractivity contribution in [2.24, 2.45) is 23.7 Å². The lowest BCUT2D eigenvalue weighted by Gasteiger charge is -2.36. The molecular formula is C65H90N12O18. The second-order valence-corrected chi connectivity index (χ2v) is 26.9. The van der Waals surface area contributed by atoms with Crippen LogP contribution < -0.4 is 37.2 Å². The van der Waals surface area contributed by atoms with Gasteiger partial charge in [0.25, 0.3) is 11.8 Å². The van der Waals surface area contributed by atoms with Crippen molar-refractivity contribution in [3.63, 3.8) is 0 Å². The van der Waals surface area contributed by atoms with Crippen LogP contribution in [-0.4, -0.2) is 240 Å². The standard InChI is InChI=1S/C65H90N12O18/c1-28(2)45-62(87)76-21-17-19-38(76)60(85)72(13)24-41(78)74(15)51(30(5)6)64(89)93-34(11)47(58(83)68-45)70-56(81)37-23-40(92-27-36-26-91-36)32(9)54-49(37)67-50-43(44(66)53(80)33(10)55(50)95-54)57(82)71-48-35(12)94-65(90)52(31(7)8)75(16)42(79)25-73(14)61(86)39-20-18-22-77(39)63(88)46(29(3)4)69-59(48)84/h23,28-31,34-36,38-39,45-48,51-52H,17-22,24-27,66H2,1-16H3,(H,68,83)(H,69,84)(H,70,81)(H,71,82)/t34?,35?,36-,38-,39-,45+,46+,47+,48+,51-,52-/m0/s1. The number of epoxide rings is 1. The van der Waals surface area contributed by atoms with Gasteiger partial charge in [0.2, 0.25) is 52.7 Å². The van der Waals surface area contributed by atoms with Gasteiger partial charge in [0.1, 0.15) is 90.2 Å². The Balaban J connectivity index is 1.25. The maximum Gasteiger partial charge on any atom is 0.329 e. The Morgan fingerprint density at radius 2 is 1.09 bits per heavy atom. The Hall–Kier alpha value is -8.96. The van der Waals surface area contributed by atoms with Gasteiger partial charge in [-0.2, -0.15) is 0 Å². The number of hydrogen-bond acceptors (Lipinski definition) is 20. The first-order valence-corrected chi connectivity index (χ1v) is 32.3. The molecule has 8 rings (SSSR count). The molecular weight excluding hydrogens is 1240 g/mol. The molecule has 1 aromatic carbocycles. The molecule has 6 N–H and O–H groups in total. The normalized spacial score (nSPS) is 26.8. The molecule has 5 saturated heterocycles. The van der Waals surface area contributed by atoms with E-state index in [1.165, 1.54) is 74.6 Å². The van der Waals surface area contributed by atoms with Crippen LogP contribution in [0.4, 0.5) is 5.69 Å². The van der Waals surface area contributed by atoms with Crippen molar-refractivity contribution in [2.75, 3.05) is 73.3 Å². The van der Waals surface area contributed by atoms with Crippen LogP contribution in [0.15, 0.2) is 15.3 Å². The van der Waals surface area contributed by atoms with E-state index in [1.54, 1.807) is 62.3 Å². The number of ether oxygens (including phenoxy) is 4. The molecule has 30 nitrogen and oxygen atoms in total. The fourth-order valence-electron chi connectivity index (χ4n) is 12.8. The molecule has 6 aliphatic heterocycles. The van der Waals surface area contributed by atoms with E-state index in [0.717, 1.165) is 9.80 Å². The average Bonchev–Trinajstić information content (AvgIpc) is 1.46. The van der Waals surface area contributed by atoms with E-state index < -0.39 is 196 Å². The first kappa shape index (κ1) is 71.9. The lowest BCUT2D eigenvalue weighted by Crippen LogP contribution is -2.61. The zero-order valence-electron chi connectivity index (χ0n) is 56.9. The molecule has 0 bridgehead atoms. The minimum Gasteiger partial charge on any atom is -0.490 e. The fourth-order valence-corrected chi connectivity index (χ4v) is 12.8. The predicted molar refractivity (Wildman–Crippen MR) is 341 cm³/mol. The van der Waals surface area contributed by atoms with Crippen molar-refractivity contribution in [3.8, 4) is 17.2 Å². The molecule has 95 heavy (non-hydrogen) atoms. The van der Waals surface area contributed by atoms with Crippen molar-refractivity contribution >= 4 is 87.8 Å². The van der Waals surface area contributed by atoms with Gasteiger partial charge in [0, 0.05) is 52.4 Å². The lowest BCUT2D eigenvalue weighted by atomic mass is 9.98. The summed E-state index contributed by atoms with van der Waals surface area (Å²) < 4.78 is 30.1. The van der Waals surface area contributed by atoms with E-state index in [1.807, 2.05) is 0 Å². The second-order valence-electron chi connectivity index (χ2n) is 26.9. The number of fused-ring (bicyclic) bond motifs is 4. The smallest absolute Gasteiger partial charge is 0.329 e. The average molecular weight is 1330 g/mol. The number of likely N-dealkylation sites (N-methyl/N-ethyl adjacent to an activating group) is 4. The molecule has 1 aliphatic carbocycles. The highest BCUT2D eigenvalue weighted by Crippen LogP contribution is 2.38. The van der Waals surface area contributed by atoms with Crippen LogP contribution in [0, 0.1) is 37.5 Å². The molecule has 2 unspecified atom stereocenters. The summed E-state index contributed by atoms with van der Waals surface area (Å²) in [5.74, 6) is -12.7. The van der Waals surface area contributed by atoms with E-state index in [-0.39, 0.29) is 72.4 Å². The Kier molecular flexibility index (Phi) is 21.9. The Labute approximate surface area is 550 Å². The number of esters is 2. The minimum absolute atomic E-state index is 0.00703. The van der Waals surface area contributed by atoms with Crippen molar-refractivity contribution in [1.29, 1.82) is 0 Å². The monoisotopic (exact) mass is 1330 g/mol. The number of rotatable bonds is 11. The summed E-state index contributed by atoms with van der Waals surface area (Å²) in [7, 11) is 5.57. The quantitative estimate of drug-likeness (QED) is 0.0755. The van der Waals surface area contributed by atoms with E-state index >= 15 is 14.4 Å². The molecule has 0 saturated carbocycles. The number of amides is 10. The summed E-state index contributed by atoms with van der Waals surface area (Å²) in [5.41, 5.74) is 3.07. The largest absolute Gasteiger partial charge is 0.490 e. The molecule has 0 spiro atoms. The van der Waals surface area contributed by atoms with Gasteiger partial charge < -0.3 is 79.8 Å². The Morgan fingerprint density at radius 3 is 1.52 bits per heavy atom. The predicted octanol–water partition coefficient (Wildman–Crippen LogP) is 0.503. The Morgan fingerprint density at radius 1 is 0.653 bits per heavy atom. The number of cyclic esters (lactones) is 2. The van der Waals surface area contributed by atoms with Crippen LogP contribution in [0.3, 0.4) is 0 Å². The fraction of sp³-hybridized carbons (Fsp3) is 0.631. The molecule has 0 radical (unpaired) electrons. The first-order chi connectivity index (χ1) is 44.6. The van der Waals surface area contributed by atoms with Crippen LogP contribution >= 0.6 is 0 Å². The second kappa shape index (κ2) is 28.9. The van der Waals surface area contributed by atoms with Gasteiger partial charge in [-0.25, -0.2) is 14.6 Å². The number of hydrogen-bond donors (Lipinski definition) is 5. The molecule has 11 atom stereocenters. The zero-order chi connectivity index (χ0) is 70.3. The number of aromatic nitrogens is 1. The number of nitrogens with two attached hydrogens (primary N) is 1. The van der Waals surface area contributed by atoms with E-state index in [4.69, 9.17) is 34.1 Å². The number of nitrogen functional groups attached to an aromatic ring is 1. The third kappa shape index (κ3) is 14.8. The molecule has 7 aliphatic rings. The highest BCUT2D eigenvalue weighted by molar-refractivity contribution is 6.11. The van der Waals surface area contributed by atoms with Gasteiger partial charge in [0.15, 0.2) is 11.3 Å². The topological polar surface area (TPSA) is 382 Å². The number of carbonyl (C=O) groups is 12. The van der Waals surface area contributed by atoms with Gasteiger partial charge in [-0.05, 0) is 83.1 Å². The Bertz CT molecular complexity index is 3600. The third-order valence-corrected chi connectivity index (χ3v) is 18.5. The first-order valence-electron chi connectivity index (χ1n) is 32.3. The number of carbonyl (C=O) groups excluding carboxylic acids is 12. The maximum absolute atomic E-state index is 15.5. The van der Waals surface area contributed by atoms with Crippen LogP contribution in [0.25, 0.3) is 22.6 Å². The van der Waals surface area contributed by atoms with E-state index in [2.05, 4.69) is 21.3 Å². The summed E-state index contributed by atoms with van der Waals surface area (Å²) in [4.78, 5) is 201. The van der Waals surface area contributed by atoms with Crippen LogP contribution in [0.1, 0.15) is 127 Å². The minimum atomic E-state index is -1.91. The van der Waals surface area contributed by atoms with Gasteiger partial charge in [-0.3, -0.25) is 52.7 Å². The third-order valence-electron chi connectivity index (χ3n) is 18.5. The van der Waals surface area contributed by atoms with E-state index in [0.29, 0.717) is 19.4 Å². The van der Waals surface area contributed by atoms with Gasteiger partial charge in [-0.1, -0.05) is 55.4 Å². The maximum atomic E-state index is 15.5. The van der Waals surface area contributed by atoms with E-state index in [9.17, 15) is 47.9 Å². The summed E-state index contributed by atoms with van der Waals surface area (Å²) in [6, 6.07) is -9.65. The van der Waals surface area contributed by atoms with Gasteiger partial charge in [0.05, 0.1) is 36.5 Å². The number of benzene rings is 2. The van der Waals surface area contributed by atoms with Crippen LogP contribution in [-0.2, 0) is 62.2 Å². The molecule has 1 aromatic rings. The number of aryl methyl sites for hydroxylation is 1. The summed E-state index contributed by atoms with van der Waals surface area (Å²) in [6.45, 7) is 18.6. The van der Waals surface area contributed by atoms with Crippen molar-refractivity contribution in [1.82, 2.24) is 55.7 Å². The molecule has 518 valence electrons. The number of nitrogens with zero attached hydrogens (tertiary/aromatic N) is 7. The lowest BCUT2D eigenvalue weighted by molar-refractivity contribution is -0.163. The van der Waals surface area contributed by atoms with Crippen LogP contribution in [0.5, 0.6) is 5.75 Å². The molecule has 10 amide bonds. The van der Waals surface area contributed by atoms with Crippen molar-refractivity contribution in [3.05, 3.63) is 38.5 Å². The summed E-state index contributed by atoms with van der Waals surface area (Å²) >= 11 is 0. The molecule has 0 aromatic heterocycles. The molecule has 30 heteroatoms. The molecule has 6 heterocycles. The molecule has 5 fully saturated rings. The number of anilines is 1. The number of nitrogens with one attached hydrogen (secondary N) is 4. The highest BCUT2D eigenvalue weighted by Gasteiger charge is 2.47. The van der Waals surface area contributed by atoms with Gasteiger partial charge in [-0.15, -0.1) is 0 Å². The summed E-state index contributed by atoms with van der Waals surface area (Å²) in [6.07, 6.45) is -2.09. The highest BCUT2D eigenvalue weighted by atomic mass is 16.6. The van der Waals surface area contributed by atoms with Crippen molar-refractivity contribution < 1.29 is 80.9 Å². The SMILES string of the molecule is Cc1c2oc3c(C)c(OC[C@@H]4CO4)cc(C(=O)N[C@H]4C(=O)N[C@H](C(C)C)C(=O)N5CCC[C@H]5C(=O)N(C)CC(=O)N(C)[C@@H](C(C)C)C(=O)OC4C)c3nc-2c(C(=O)N[C@H]2C(=O)N[C@H](C(C)C)C(=O)N3CCC[C@H]3C(=O)N(C)CC(=O)N(C)[C@@H](C(C)C)C(=O)OC2C)c(N)c1=O. The van der Waals surface area contributed by atoms with Crippen molar-refractivity contribution in [2.45, 2.75) is 175 Å². The zero-order valence-corrected chi connectivity index (χ0v) is 56.9. The summed E-state index contributed by atoms with van der Waals surface area (Å²) in [5, 5.41) is 10.7.